The zero-order chi connectivity index (χ0) is 14.8. The van der Waals surface area contributed by atoms with E-state index in [2.05, 4.69) is 5.32 Å². The van der Waals surface area contributed by atoms with Crippen molar-refractivity contribution < 1.29 is 19.5 Å². The minimum atomic E-state index is -1.09. The van der Waals surface area contributed by atoms with Crippen molar-refractivity contribution in [2.45, 2.75) is 50.1 Å². The second-order valence-electron chi connectivity index (χ2n) is 5.74. The Bertz CT molecular complexity index is 418. The van der Waals surface area contributed by atoms with E-state index < -0.39 is 23.5 Å². The van der Waals surface area contributed by atoms with Gasteiger partial charge in [0.15, 0.2) is 0 Å². The summed E-state index contributed by atoms with van der Waals surface area (Å²) >= 11 is 0. The molecule has 4 N–H and O–H groups in total. The quantitative estimate of drug-likeness (QED) is 0.640. The van der Waals surface area contributed by atoms with Crippen LogP contribution in [0.2, 0.25) is 0 Å². The number of piperazine rings is 1. The maximum Gasteiger partial charge on any atom is 0.305 e. The number of carbonyl (C=O) groups excluding carboxylic acids is 2. The summed E-state index contributed by atoms with van der Waals surface area (Å²) < 4.78 is 0. The summed E-state index contributed by atoms with van der Waals surface area (Å²) in [5.74, 6) is -1.70. The highest BCUT2D eigenvalue weighted by atomic mass is 16.4. The molecular weight excluding hydrogens is 262 g/mol. The number of hydrogen-bond acceptors (Lipinski definition) is 4. The predicted molar refractivity (Wildman–Crippen MR) is 70.8 cm³/mol. The number of carboxylic acids is 1. The molecule has 0 aromatic carbocycles. The molecule has 1 atom stereocenters. The van der Waals surface area contributed by atoms with E-state index in [1.807, 2.05) is 0 Å². The van der Waals surface area contributed by atoms with Crippen LogP contribution in [-0.2, 0) is 14.4 Å². The number of carboxylic acid groups (broad SMARTS) is 1. The lowest BCUT2D eigenvalue weighted by Gasteiger charge is -2.36. The lowest BCUT2D eigenvalue weighted by Crippen LogP contribution is -2.59. The highest BCUT2D eigenvalue weighted by molar-refractivity contribution is 5.91. The van der Waals surface area contributed by atoms with Gasteiger partial charge in [0, 0.05) is 25.0 Å². The molecule has 1 unspecified atom stereocenters. The third kappa shape index (κ3) is 3.27. The molecule has 0 spiro atoms. The number of nitrogens with one attached hydrogen (secondary N) is 1. The van der Waals surface area contributed by atoms with Crippen LogP contribution in [0, 0.1) is 0 Å². The Morgan fingerprint density at radius 1 is 1.40 bits per heavy atom. The van der Waals surface area contributed by atoms with Crippen LogP contribution in [0.25, 0.3) is 0 Å². The van der Waals surface area contributed by atoms with Gasteiger partial charge in [0.1, 0.15) is 6.04 Å². The SMILES string of the molecule is NC1(CC(=O)N2CCNC(=O)C2CC(=O)O)CCCC1. The molecule has 1 heterocycles. The molecule has 112 valence electrons. The summed E-state index contributed by atoms with van der Waals surface area (Å²) in [6.45, 7) is 0.705. The lowest BCUT2D eigenvalue weighted by molar-refractivity contribution is -0.149. The first-order chi connectivity index (χ1) is 9.41. The molecule has 0 radical (unpaired) electrons. The minimum Gasteiger partial charge on any atom is -0.481 e. The summed E-state index contributed by atoms with van der Waals surface area (Å²) in [5, 5.41) is 11.5. The lowest BCUT2D eigenvalue weighted by atomic mass is 9.93. The summed E-state index contributed by atoms with van der Waals surface area (Å²) in [6.07, 6.45) is 3.47. The molecule has 0 aromatic heterocycles. The molecule has 1 saturated heterocycles. The van der Waals surface area contributed by atoms with E-state index in [1.165, 1.54) is 4.90 Å². The van der Waals surface area contributed by atoms with Gasteiger partial charge in [0.05, 0.1) is 6.42 Å². The van der Waals surface area contributed by atoms with Crippen molar-refractivity contribution in [2.75, 3.05) is 13.1 Å². The van der Waals surface area contributed by atoms with Gasteiger partial charge in [-0.3, -0.25) is 14.4 Å². The Hall–Kier alpha value is -1.63. The molecular formula is C13H21N3O4. The number of rotatable bonds is 4. The van der Waals surface area contributed by atoms with Gasteiger partial charge in [0.2, 0.25) is 11.8 Å². The highest BCUT2D eigenvalue weighted by Crippen LogP contribution is 2.31. The summed E-state index contributed by atoms with van der Waals surface area (Å²) in [5.41, 5.74) is 5.70. The zero-order valence-corrected chi connectivity index (χ0v) is 11.4. The second kappa shape index (κ2) is 5.78. The van der Waals surface area contributed by atoms with Gasteiger partial charge in [-0.25, -0.2) is 0 Å². The molecule has 1 aliphatic carbocycles. The van der Waals surface area contributed by atoms with E-state index in [0.717, 1.165) is 25.7 Å². The third-order valence-corrected chi connectivity index (χ3v) is 4.12. The van der Waals surface area contributed by atoms with Gasteiger partial charge in [0.25, 0.3) is 0 Å². The van der Waals surface area contributed by atoms with Gasteiger partial charge >= 0.3 is 5.97 Å². The molecule has 2 rings (SSSR count). The van der Waals surface area contributed by atoms with Crippen molar-refractivity contribution in [3.8, 4) is 0 Å². The zero-order valence-electron chi connectivity index (χ0n) is 11.4. The number of carbonyl (C=O) groups is 3. The molecule has 2 amide bonds. The largest absolute Gasteiger partial charge is 0.481 e. The standard InChI is InChI=1S/C13H21N3O4/c14-13(3-1-2-4-13)8-10(17)16-6-5-15-12(20)9(16)7-11(18)19/h9H,1-8,14H2,(H,15,20)(H,18,19). The van der Waals surface area contributed by atoms with Crippen LogP contribution in [0.15, 0.2) is 0 Å². The van der Waals surface area contributed by atoms with E-state index in [1.54, 1.807) is 0 Å². The molecule has 1 aliphatic heterocycles. The first-order valence-corrected chi connectivity index (χ1v) is 6.99. The Morgan fingerprint density at radius 2 is 2.05 bits per heavy atom. The van der Waals surface area contributed by atoms with Crippen LogP contribution >= 0.6 is 0 Å². The summed E-state index contributed by atoms with van der Waals surface area (Å²) in [6, 6.07) is -0.918. The second-order valence-corrected chi connectivity index (χ2v) is 5.74. The van der Waals surface area contributed by atoms with Gasteiger partial charge in [-0.15, -0.1) is 0 Å². The maximum absolute atomic E-state index is 12.4. The highest BCUT2D eigenvalue weighted by Gasteiger charge is 2.38. The van der Waals surface area contributed by atoms with Crippen LogP contribution in [-0.4, -0.2) is 52.5 Å². The smallest absolute Gasteiger partial charge is 0.305 e. The fraction of sp³-hybridized carbons (Fsp3) is 0.769. The fourth-order valence-corrected chi connectivity index (χ4v) is 3.04. The molecule has 0 aromatic rings. The average Bonchev–Trinajstić information content (AvgIpc) is 2.77. The maximum atomic E-state index is 12.4. The van der Waals surface area contributed by atoms with Crippen LogP contribution < -0.4 is 11.1 Å². The molecule has 20 heavy (non-hydrogen) atoms. The van der Waals surface area contributed by atoms with Crippen molar-refractivity contribution in [3.05, 3.63) is 0 Å². The number of nitrogens with zero attached hydrogens (tertiary/aromatic N) is 1. The van der Waals surface area contributed by atoms with E-state index in [9.17, 15) is 14.4 Å². The molecule has 2 aliphatic rings. The van der Waals surface area contributed by atoms with Crippen LogP contribution in [0.4, 0.5) is 0 Å². The van der Waals surface area contributed by atoms with E-state index >= 15 is 0 Å². The Balaban J connectivity index is 2.05. The van der Waals surface area contributed by atoms with Crippen molar-refractivity contribution in [1.82, 2.24) is 10.2 Å². The number of nitrogens with two attached hydrogens (primary N) is 1. The van der Waals surface area contributed by atoms with Crippen molar-refractivity contribution in [3.63, 3.8) is 0 Å². The summed E-state index contributed by atoms with van der Waals surface area (Å²) in [7, 11) is 0. The normalized spacial score (nSPS) is 25.4. The Morgan fingerprint density at radius 3 is 2.65 bits per heavy atom. The van der Waals surface area contributed by atoms with Crippen molar-refractivity contribution in [1.29, 1.82) is 0 Å². The van der Waals surface area contributed by atoms with Crippen molar-refractivity contribution in [2.24, 2.45) is 5.73 Å². The van der Waals surface area contributed by atoms with E-state index in [4.69, 9.17) is 10.8 Å². The average molecular weight is 283 g/mol. The molecule has 2 fully saturated rings. The number of amides is 2. The Kier molecular flexibility index (Phi) is 4.27. The Labute approximate surface area is 117 Å². The summed E-state index contributed by atoms with van der Waals surface area (Å²) in [4.78, 5) is 36.4. The predicted octanol–water partition coefficient (Wildman–Crippen LogP) is -0.550. The van der Waals surface area contributed by atoms with Crippen LogP contribution in [0.5, 0.6) is 0 Å². The van der Waals surface area contributed by atoms with Crippen LogP contribution in [0.3, 0.4) is 0 Å². The first-order valence-electron chi connectivity index (χ1n) is 6.99. The number of aliphatic carboxylic acids is 1. The molecule has 1 saturated carbocycles. The minimum absolute atomic E-state index is 0.191. The monoisotopic (exact) mass is 283 g/mol. The fourth-order valence-electron chi connectivity index (χ4n) is 3.04. The number of hydrogen-bond donors (Lipinski definition) is 3. The molecule has 0 bridgehead atoms. The third-order valence-electron chi connectivity index (χ3n) is 4.12. The molecule has 7 heteroatoms. The first kappa shape index (κ1) is 14.8. The van der Waals surface area contributed by atoms with Gasteiger partial charge in [-0.1, -0.05) is 12.8 Å². The van der Waals surface area contributed by atoms with Gasteiger partial charge in [-0.2, -0.15) is 0 Å². The van der Waals surface area contributed by atoms with Crippen LogP contribution in [0.1, 0.15) is 38.5 Å². The topological polar surface area (TPSA) is 113 Å². The van der Waals surface area contributed by atoms with Gasteiger partial charge < -0.3 is 21.1 Å². The van der Waals surface area contributed by atoms with E-state index in [-0.39, 0.29) is 18.7 Å². The van der Waals surface area contributed by atoms with E-state index in [0.29, 0.717) is 13.1 Å². The van der Waals surface area contributed by atoms with Gasteiger partial charge in [-0.05, 0) is 12.8 Å². The van der Waals surface area contributed by atoms with Crippen molar-refractivity contribution >= 4 is 17.8 Å². The molecule has 7 nitrogen and oxygen atoms in total.